The first kappa shape index (κ1) is 66.7. The standard InChI is InChI=1S/C33H51N4O4P.C31H46ClN4O4P/c1-27-23-36(33(2,3)4)24-30(41-27)25-40-26-42(39,34(5)6)37-21-19-35(20-22-37)32(38)18-17-31(28-13-9-7-10-14-28)29-15-11-8-12-16-29;1-25-21-35(30(2,3)4)22-28(40-25)23-39-24-41(38,33(5)6)36-19-17-34(18-20-36)29(37)31(32,26-13-9-7-10-14-26)27-15-11-8-12-16-27/h7-16,27,30-31H,17-26H2,1-6H3;7-16,25,28H,17-24H2,1-6H3. The van der Waals surface area contributed by atoms with E-state index in [-0.39, 0.29) is 65.9 Å². The van der Waals surface area contributed by atoms with Gasteiger partial charge in [0.15, 0.2) is 4.87 Å². The van der Waals surface area contributed by atoms with Crippen molar-refractivity contribution in [3.05, 3.63) is 144 Å². The highest BCUT2D eigenvalue weighted by Crippen LogP contribution is 2.53. The highest BCUT2D eigenvalue weighted by Gasteiger charge is 2.46. The third-order valence-electron chi connectivity index (χ3n) is 16.7. The lowest BCUT2D eigenvalue weighted by Crippen LogP contribution is -2.55. The van der Waals surface area contributed by atoms with Crippen molar-refractivity contribution in [2.24, 2.45) is 0 Å². The van der Waals surface area contributed by atoms with Gasteiger partial charge in [0.1, 0.15) is 12.7 Å². The maximum Gasteiger partial charge on any atom is 0.252 e. The molecule has 0 N–H and O–H groups in total. The average molecular weight is 1200 g/mol. The number of hydrogen-bond acceptors (Lipinski definition) is 10. The molecule has 4 aromatic carbocycles. The van der Waals surface area contributed by atoms with E-state index in [0.717, 1.165) is 43.7 Å². The summed E-state index contributed by atoms with van der Waals surface area (Å²) in [5.74, 6) is 0.170. The summed E-state index contributed by atoms with van der Waals surface area (Å²) in [7, 11) is 1.44. The Hall–Kier alpha value is -3.83. The molecule has 19 heteroatoms. The van der Waals surface area contributed by atoms with E-state index in [1.807, 2.05) is 115 Å². The summed E-state index contributed by atoms with van der Waals surface area (Å²) >= 11 is 7.24. The van der Waals surface area contributed by atoms with E-state index in [1.165, 1.54) is 11.1 Å². The lowest BCUT2D eigenvalue weighted by molar-refractivity contribution is -0.134. The van der Waals surface area contributed by atoms with E-state index in [9.17, 15) is 18.7 Å². The van der Waals surface area contributed by atoms with Gasteiger partial charge in [-0.1, -0.05) is 133 Å². The van der Waals surface area contributed by atoms with Crippen LogP contribution in [0, 0.1) is 0 Å². The van der Waals surface area contributed by atoms with Crippen molar-refractivity contribution in [3.8, 4) is 0 Å². The van der Waals surface area contributed by atoms with E-state index in [4.69, 9.17) is 30.5 Å². The van der Waals surface area contributed by atoms with Crippen LogP contribution in [0.5, 0.6) is 0 Å². The molecule has 4 heterocycles. The van der Waals surface area contributed by atoms with Crippen LogP contribution >= 0.6 is 26.5 Å². The Labute approximate surface area is 502 Å². The molecule has 458 valence electrons. The molecule has 16 nitrogen and oxygen atoms in total. The van der Waals surface area contributed by atoms with Crippen molar-refractivity contribution in [2.45, 2.75) is 115 Å². The molecule has 2 amide bonds. The number of nitrogens with zero attached hydrogens (tertiary/aromatic N) is 8. The Kier molecular flexibility index (Phi) is 23.9. The van der Waals surface area contributed by atoms with Crippen LogP contribution in [-0.2, 0) is 42.5 Å². The van der Waals surface area contributed by atoms with Gasteiger partial charge in [-0.25, -0.2) is 18.7 Å². The number of piperazine rings is 2. The molecule has 4 fully saturated rings. The summed E-state index contributed by atoms with van der Waals surface area (Å²) in [5, 5.41) is 0. The monoisotopic (exact) mass is 1200 g/mol. The van der Waals surface area contributed by atoms with Gasteiger partial charge in [0, 0.05) is 102 Å². The van der Waals surface area contributed by atoms with E-state index in [0.29, 0.717) is 72.0 Å². The van der Waals surface area contributed by atoms with Crippen LogP contribution in [0.25, 0.3) is 0 Å². The normalized spacial score (nSPS) is 22.7. The number of amides is 2. The topological polar surface area (TPSA) is 131 Å². The van der Waals surface area contributed by atoms with E-state index < -0.39 is 19.8 Å². The summed E-state index contributed by atoms with van der Waals surface area (Å²) in [5.41, 5.74) is 4.04. The van der Waals surface area contributed by atoms with Crippen molar-refractivity contribution < 1.29 is 37.7 Å². The van der Waals surface area contributed by atoms with Crippen LogP contribution in [0.4, 0.5) is 0 Å². The zero-order valence-electron chi connectivity index (χ0n) is 51.8. The number of rotatable bonds is 20. The van der Waals surface area contributed by atoms with E-state index in [1.54, 1.807) is 14.2 Å². The lowest BCUT2D eigenvalue weighted by Gasteiger charge is -2.44. The van der Waals surface area contributed by atoms with Crippen LogP contribution in [0.2, 0.25) is 0 Å². The minimum Gasteiger partial charge on any atom is -0.370 e. The summed E-state index contributed by atoms with van der Waals surface area (Å²) in [6.45, 7) is 25.7. The van der Waals surface area contributed by atoms with Gasteiger partial charge in [-0.15, -0.1) is 0 Å². The fourth-order valence-electron chi connectivity index (χ4n) is 11.6. The molecule has 0 radical (unpaired) electrons. The quantitative estimate of drug-likeness (QED) is 0.0614. The molecular weight excluding hydrogens is 1110 g/mol. The van der Waals surface area contributed by atoms with E-state index in [2.05, 4.69) is 114 Å². The number of halogens is 1. The van der Waals surface area contributed by atoms with Crippen molar-refractivity contribution in [1.29, 1.82) is 0 Å². The molecule has 6 unspecified atom stereocenters. The predicted molar refractivity (Wildman–Crippen MR) is 335 cm³/mol. The zero-order chi connectivity index (χ0) is 60.2. The highest BCUT2D eigenvalue weighted by molar-refractivity contribution is 7.59. The number of morpholine rings is 2. The molecule has 83 heavy (non-hydrogen) atoms. The molecule has 0 aliphatic carbocycles. The van der Waals surface area contributed by atoms with Crippen LogP contribution in [0.15, 0.2) is 121 Å². The summed E-state index contributed by atoms with van der Waals surface area (Å²) in [4.78, 5) is 34.6. The van der Waals surface area contributed by atoms with Crippen molar-refractivity contribution in [2.75, 3.05) is 133 Å². The maximum absolute atomic E-state index is 14.3. The van der Waals surface area contributed by atoms with Crippen LogP contribution in [-0.4, -0.2) is 218 Å². The molecule has 0 saturated carbocycles. The Morgan fingerprint density at radius 3 is 1.25 bits per heavy atom. The molecule has 0 bridgehead atoms. The number of alkyl halides is 1. The minimum atomic E-state index is -3.01. The van der Waals surface area contributed by atoms with Gasteiger partial charge in [0.05, 0.1) is 37.6 Å². The lowest BCUT2D eigenvalue weighted by atomic mass is 9.87. The number of carbonyl (C=O) groups excluding carboxylic acids is 2. The molecule has 4 aromatic rings. The number of carbonyl (C=O) groups is 2. The number of benzene rings is 4. The van der Waals surface area contributed by atoms with Crippen molar-refractivity contribution in [3.63, 3.8) is 0 Å². The van der Waals surface area contributed by atoms with Crippen molar-refractivity contribution >= 4 is 38.3 Å². The Morgan fingerprint density at radius 1 is 0.554 bits per heavy atom. The fourth-order valence-corrected chi connectivity index (χ4v) is 16.1. The number of hydrogen-bond donors (Lipinski definition) is 0. The molecule has 0 spiro atoms. The molecular formula is C64H97ClN8O8P2. The Bertz CT molecular complexity index is 2650. The summed E-state index contributed by atoms with van der Waals surface area (Å²) < 4.78 is 60.5. The van der Waals surface area contributed by atoms with E-state index >= 15 is 0 Å². The summed E-state index contributed by atoms with van der Waals surface area (Å²) in [6, 6.07) is 39.8. The molecule has 4 aliphatic heterocycles. The van der Waals surface area contributed by atoms with Gasteiger partial charge in [-0.2, -0.15) is 0 Å². The molecule has 4 saturated heterocycles. The first-order chi connectivity index (χ1) is 39.3. The largest absolute Gasteiger partial charge is 0.370 e. The molecule has 8 rings (SSSR count). The van der Waals surface area contributed by atoms with Gasteiger partial charge in [-0.05, 0) is 112 Å². The second-order valence-corrected chi connectivity index (χ2v) is 31.7. The molecule has 0 aromatic heterocycles. The third kappa shape index (κ3) is 17.5. The predicted octanol–water partition coefficient (Wildman–Crippen LogP) is 10.3. The molecule has 4 aliphatic rings. The third-order valence-corrected chi connectivity index (χ3v) is 23.4. The van der Waals surface area contributed by atoms with Crippen molar-refractivity contribution in [1.82, 2.24) is 38.3 Å². The Balaban J connectivity index is 0.000000239. The Morgan fingerprint density at radius 2 is 0.904 bits per heavy atom. The highest BCUT2D eigenvalue weighted by atomic mass is 35.5. The second kappa shape index (κ2) is 29.7. The van der Waals surface area contributed by atoms with Crippen LogP contribution in [0.1, 0.15) is 96.4 Å². The average Bonchev–Trinajstić information content (AvgIpc) is 3.54. The zero-order valence-corrected chi connectivity index (χ0v) is 54.3. The summed E-state index contributed by atoms with van der Waals surface area (Å²) in [6.07, 6.45) is 1.61. The van der Waals surface area contributed by atoms with Crippen LogP contribution in [0.3, 0.4) is 0 Å². The molecule has 6 atom stereocenters. The maximum atomic E-state index is 14.3. The number of ether oxygens (including phenoxy) is 4. The SMILES string of the molecule is CC1CN(C(C)(C)C)CC(COCP(=O)(N(C)C)N2CCN(C(=O)C(Cl)(c3ccccc3)c3ccccc3)CC2)O1.CC1CN(C(C)(C)C)CC(COCP(=O)(N(C)C)N2CCN(C(=O)CCC(c3ccccc3)c3ccccc3)CC2)O1. The van der Waals surface area contributed by atoms with Gasteiger partial charge < -0.3 is 28.7 Å². The van der Waals surface area contributed by atoms with Gasteiger partial charge >= 0.3 is 0 Å². The fraction of sp³-hybridized carbons (Fsp3) is 0.594. The van der Waals surface area contributed by atoms with Crippen LogP contribution < -0.4 is 0 Å². The second-order valence-electron chi connectivity index (χ2n) is 25.2. The smallest absolute Gasteiger partial charge is 0.252 e. The first-order valence-corrected chi connectivity index (χ1v) is 33.8. The minimum absolute atomic E-state index is 0.0475. The first-order valence-electron chi connectivity index (χ1n) is 29.8. The van der Waals surface area contributed by atoms with Gasteiger partial charge in [-0.3, -0.25) is 28.5 Å². The van der Waals surface area contributed by atoms with Gasteiger partial charge in [0.2, 0.25) is 20.8 Å². The van der Waals surface area contributed by atoms with Gasteiger partial charge in [0.25, 0.3) is 5.91 Å².